The molecular weight excluding hydrogens is 176 g/mol. The van der Waals surface area contributed by atoms with Crippen molar-refractivity contribution in [2.75, 3.05) is 5.75 Å². The second-order valence-corrected chi connectivity index (χ2v) is 5.24. The van der Waals surface area contributed by atoms with Crippen LogP contribution in [0.5, 0.6) is 0 Å². The molecule has 11 heavy (non-hydrogen) atoms. The van der Waals surface area contributed by atoms with Gasteiger partial charge in [-0.15, -0.1) is 11.8 Å². The summed E-state index contributed by atoms with van der Waals surface area (Å²) in [6, 6.07) is 0. The van der Waals surface area contributed by atoms with Crippen molar-refractivity contribution in [1.82, 2.24) is 0 Å². The average Bonchev–Trinajstić information content (AvgIpc) is 1.85. The monoisotopic (exact) mass is 190 g/mol. The molecule has 0 heterocycles. The highest BCUT2D eigenvalue weighted by Crippen LogP contribution is 2.19. The zero-order valence-corrected chi connectivity index (χ0v) is 9.06. The molecule has 64 valence electrons. The Hall–Kier alpha value is 0.110. The lowest BCUT2D eigenvalue weighted by atomic mass is 9.92. The number of hydrogen-bond donors (Lipinski definition) is 0. The van der Waals surface area contributed by atoms with Gasteiger partial charge in [-0.1, -0.05) is 39.9 Å². The van der Waals surface area contributed by atoms with Crippen molar-refractivity contribution in [2.45, 2.75) is 27.7 Å². The highest BCUT2D eigenvalue weighted by Gasteiger charge is 2.24. The molecule has 0 rings (SSSR count). The Labute approximate surface area is 77.9 Å². The fraction of sp³-hybridized carbons (Fsp3) is 0.750. The molecule has 0 atom stereocenters. The number of thioether (sulfide) groups is 1. The van der Waals surface area contributed by atoms with Crippen LogP contribution in [-0.2, 0) is 4.79 Å². The number of carbonyl (C=O) groups excluding carboxylic acids is 1. The molecule has 3 heteroatoms. The number of Topliss-reactive ketones (excluding diaryl/α,β-unsaturated/α-hetero) is 1. The van der Waals surface area contributed by atoms with Gasteiger partial charge < -0.3 is 0 Å². The first kappa shape index (κ1) is 11.1. The van der Waals surface area contributed by atoms with Gasteiger partial charge in [-0.3, -0.25) is 4.79 Å². The molecule has 0 unspecified atom stereocenters. The van der Waals surface area contributed by atoms with Crippen LogP contribution in [-0.4, -0.2) is 15.7 Å². The van der Waals surface area contributed by atoms with Gasteiger partial charge >= 0.3 is 0 Å². The maximum atomic E-state index is 11.4. The Kier molecular flexibility index (Phi) is 4.26. The summed E-state index contributed by atoms with van der Waals surface area (Å²) in [7, 11) is 0. The van der Waals surface area contributed by atoms with Crippen molar-refractivity contribution in [3.63, 3.8) is 0 Å². The Balaban J connectivity index is 4.15. The van der Waals surface area contributed by atoms with Crippen molar-refractivity contribution in [3.05, 3.63) is 0 Å². The highest BCUT2D eigenvalue weighted by atomic mass is 32.2. The Morgan fingerprint density at radius 2 is 1.91 bits per heavy atom. The van der Waals surface area contributed by atoms with E-state index in [0.717, 1.165) is 5.75 Å². The summed E-state index contributed by atoms with van der Waals surface area (Å²) in [5.41, 5.74) is -0.320. The second-order valence-electron chi connectivity index (χ2n) is 3.30. The first-order valence-corrected chi connectivity index (χ1v) is 5.00. The largest absolute Gasteiger partial charge is 0.292 e. The lowest BCUT2D eigenvalue weighted by molar-refractivity contribution is -0.119. The van der Waals surface area contributed by atoms with Crippen LogP contribution in [0.15, 0.2) is 0 Å². The van der Waals surface area contributed by atoms with Gasteiger partial charge in [-0.25, -0.2) is 0 Å². The van der Waals surface area contributed by atoms with Crippen molar-refractivity contribution in [1.29, 1.82) is 0 Å². The Morgan fingerprint density at radius 3 is 2.18 bits per heavy atom. The average molecular weight is 190 g/mol. The SMILES string of the molecule is CCSC(=S)C(=O)C(C)(C)C. The molecular formula is C8H14OS2. The van der Waals surface area contributed by atoms with Gasteiger partial charge in [-0.2, -0.15) is 0 Å². The minimum atomic E-state index is -0.320. The zero-order valence-electron chi connectivity index (χ0n) is 7.43. The summed E-state index contributed by atoms with van der Waals surface area (Å²) in [6.45, 7) is 7.65. The third-order valence-corrected chi connectivity index (χ3v) is 2.42. The van der Waals surface area contributed by atoms with Crippen LogP contribution < -0.4 is 0 Å². The molecule has 0 saturated carbocycles. The van der Waals surface area contributed by atoms with Crippen LogP contribution in [0.25, 0.3) is 0 Å². The van der Waals surface area contributed by atoms with Gasteiger partial charge in [0.1, 0.15) is 4.20 Å². The molecule has 0 aliphatic heterocycles. The van der Waals surface area contributed by atoms with E-state index < -0.39 is 0 Å². The van der Waals surface area contributed by atoms with E-state index in [1.54, 1.807) is 0 Å². The van der Waals surface area contributed by atoms with E-state index in [0.29, 0.717) is 4.20 Å². The summed E-state index contributed by atoms with van der Waals surface area (Å²) in [5, 5.41) is 0. The van der Waals surface area contributed by atoms with Crippen molar-refractivity contribution < 1.29 is 4.79 Å². The van der Waals surface area contributed by atoms with Crippen molar-refractivity contribution in [2.24, 2.45) is 5.41 Å². The predicted molar refractivity (Wildman–Crippen MR) is 55.2 cm³/mol. The minimum absolute atomic E-state index is 0.0827. The lowest BCUT2D eigenvalue weighted by Gasteiger charge is -2.15. The third kappa shape index (κ3) is 3.87. The first-order valence-electron chi connectivity index (χ1n) is 3.61. The number of rotatable bonds is 2. The molecule has 0 radical (unpaired) electrons. The molecule has 1 nitrogen and oxygen atoms in total. The van der Waals surface area contributed by atoms with E-state index in [4.69, 9.17) is 12.2 Å². The van der Waals surface area contributed by atoms with E-state index in [9.17, 15) is 4.79 Å². The van der Waals surface area contributed by atoms with Crippen molar-refractivity contribution >= 4 is 34.0 Å². The van der Waals surface area contributed by atoms with E-state index >= 15 is 0 Å². The van der Waals surface area contributed by atoms with Gasteiger partial charge in [0.2, 0.25) is 0 Å². The molecule has 0 aliphatic rings. The molecule has 0 bridgehead atoms. The lowest BCUT2D eigenvalue weighted by Crippen LogP contribution is -2.25. The summed E-state index contributed by atoms with van der Waals surface area (Å²) >= 11 is 6.39. The number of carbonyl (C=O) groups is 1. The molecule has 0 aromatic carbocycles. The Morgan fingerprint density at radius 1 is 1.45 bits per heavy atom. The molecule has 0 aliphatic carbocycles. The van der Waals surface area contributed by atoms with E-state index in [-0.39, 0.29) is 11.2 Å². The van der Waals surface area contributed by atoms with Gasteiger partial charge in [-0.05, 0) is 5.75 Å². The first-order chi connectivity index (χ1) is 4.89. The maximum Gasteiger partial charge on any atom is 0.185 e. The number of ketones is 1. The summed E-state index contributed by atoms with van der Waals surface area (Å²) < 4.78 is 0.514. The summed E-state index contributed by atoms with van der Waals surface area (Å²) in [4.78, 5) is 11.4. The van der Waals surface area contributed by atoms with Crippen LogP contribution >= 0.6 is 24.0 Å². The van der Waals surface area contributed by atoms with E-state index in [1.807, 2.05) is 27.7 Å². The normalized spacial score (nSPS) is 11.3. The minimum Gasteiger partial charge on any atom is -0.292 e. The molecule has 0 aromatic heterocycles. The number of hydrogen-bond acceptors (Lipinski definition) is 3. The third-order valence-electron chi connectivity index (χ3n) is 1.14. The quantitative estimate of drug-likeness (QED) is 0.623. The fourth-order valence-corrected chi connectivity index (χ4v) is 1.86. The topological polar surface area (TPSA) is 17.1 Å². The summed E-state index contributed by atoms with van der Waals surface area (Å²) in [5.74, 6) is 0.958. The van der Waals surface area contributed by atoms with Crippen LogP contribution in [0.4, 0.5) is 0 Å². The Bertz CT molecular complexity index is 167. The predicted octanol–water partition coefficient (Wildman–Crippen LogP) is 2.68. The van der Waals surface area contributed by atoms with Crippen molar-refractivity contribution in [3.8, 4) is 0 Å². The summed E-state index contributed by atoms with van der Waals surface area (Å²) in [6.07, 6.45) is 0. The van der Waals surface area contributed by atoms with E-state index in [2.05, 4.69) is 0 Å². The van der Waals surface area contributed by atoms with Gasteiger partial charge in [0, 0.05) is 5.41 Å². The molecule has 0 aromatic rings. The standard InChI is InChI=1S/C8H14OS2/c1-5-11-7(10)6(9)8(2,3)4/h5H2,1-4H3. The molecule has 0 fully saturated rings. The van der Waals surface area contributed by atoms with Crippen LogP contribution in [0.2, 0.25) is 0 Å². The van der Waals surface area contributed by atoms with Gasteiger partial charge in [0.15, 0.2) is 5.78 Å². The number of thiocarbonyl (C=S) groups is 1. The smallest absolute Gasteiger partial charge is 0.185 e. The van der Waals surface area contributed by atoms with Crippen LogP contribution in [0, 0.1) is 5.41 Å². The van der Waals surface area contributed by atoms with Crippen LogP contribution in [0.3, 0.4) is 0 Å². The highest BCUT2D eigenvalue weighted by molar-refractivity contribution is 8.25. The van der Waals surface area contributed by atoms with E-state index in [1.165, 1.54) is 11.8 Å². The molecule has 0 N–H and O–H groups in total. The zero-order chi connectivity index (χ0) is 9.07. The fourth-order valence-electron chi connectivity index (χ4n) is 0.503. The van der Waals surface area contributed by atoms with Gasteiger partial charge in [0.05, 0.1) is 0 Å². The maximum absolute atomic E-state index is 11.4. The second kappa shape index (κ2) is 4.21. The molecule has 0 spiro atoms. The molecule has 0 amide bonds. The van der Waals surface area contributed by atoms with Crippen LogP contribution in [0.1, 0.15) is 27.7 Å². The van der Waals surface area contributed by atoms with Gasteiger partial charge in [0.25, 0.3) is 0 Å². The molecule has 0 saturated heterocycles.